The zero-order chi connectivity index (χ0) is 13.4. The summed E-state index contributed by atoms with van der Waals surface area (Å²) in [6.45, 7) is 14.3. The Bertz CT molecular complexity index is 369. The molecule has 2 heteroatoms. The van der Waals surface area contributed by atoms with Crippen LogP contribution >= 0.6 is 0 Å². The first kappa shape index (κ1) is 14.8. The summed E-state index contributed by atoms with van der Waals surface area (Å²) in [6.07, 6.45) is 1.01. The largest absolute Gasteiger partial charge is 0.494 e. The zero-order valence-corrected chi connectivity index (χ0v) is 11.9. The van der Waals surface area contributed by atoms with Gasteiger partial charge in [-0.1, -0.05) is 45.5 Å². The van der Waals surface area contributed by atoms with Crippen LogP contribution in [-0.4, -0.2) is 24.6 Å². The highest BCUT2D eigenvalue weighted by Crippen LogP contribution is 2.16. The summed E-state index contributed by atoms with van der Waals surface area (Å²) in [6, 6.07) is 8.48. The molecule has 0 saturated heterocycles. The van der Waals surface area contributed by atoms with Crippen molar-refractivity contribution in [2.24, 2.45) is 0 Å². The molecule has 0 N–H and O–H groups in total. The van der Waals surface area contributed by atoms with Crippen molar-refractivity contribution in [3.05, 3.63) is 42.0 Å². The third-order valence-corrected chi connectivity index (χ3v) is 3.03. The summed E-state index contributed by atoms with van der Waals surface area (Å²) in [5.74, 6) is 0.776. The van der Waals surface area contributed by atoms with E-state index in [1.165, 1.54) is 5.56 Å². The van der Waals surface area contributed by atoms with Gasteiger partial charge in [-0.15, -0.1) is 0 Å². The van der Waals surface area contributed by atoms with E-state index in [9.17, 15) is 0 Å². The van der Waals surface area contributed by atoms with E-state index in [0.29, 0.717) is 0 Å². The van der Waals surface area contributed by atoms with E-state index in [1.807, 2.05) is 0 Å². The topological polar surface area (TPSA) is 12.5 Å². The van der Waals surface area contributed by atoms with Crippen molar-refractivity contribution in [2.75, 3.05) is 19.7 Å². The predicted molar refractivity (Wildman–Crippen MR) is 78.3 cm³/mol. The van der Waals surface area contributed by atoms with Crippen LogP contribution in [0.4, 0.5) is 0 Å². The SMILES string of the molecule is C=C(OCCC)c1cccc(CN(CC)CC)c1. The third kappa shape index (κ3) is 4.53. The molecule has 1 rings (SSSR count). The smallest absolute Gasteiger partial charge is 0.119 e. The first-order valence-corrected chi connectivity index (χ1v) is 6.84. The van der Waals surface area contributed by atoms with Crippen molar-refractivity contribution in [2.45, 2.75) is 33.7 Å². The van der Waals surface area contributed by atoms with Crippen molar-refractivity contribution in [3.63, 3.8) is 0 Å². The summed E-state index contributed by atoms with van der Waals surface area (Å²) < 4.78 is 5.58. The normalized spacial score (nSPS) is 10.7. The monoisotopic (exact) mass is 247 g/mol. The highest BCUT2D eigenvalue weighted by atomic mass is 16.5. The third-order valence-electron chi connectivity index (χ3n) is 3.03. The van der Waals surface area contributed by atoms with Crippen LogP contribution in [-0.2, 0) is 11.3 Å². The number of rotatable bonds is 8. The quantitative estimate of drug-likeness (QED) is 0.645. The molecule has 0 atom stereocenters. The van der Waals surface area contributed by atoms with Gasteiger partial charge in [0.2, 0.25) is 0 Å². The second-order valence-electron chi connectivity index (χ2n) is 4.43. The van der Waals surface area contributed by atoms with Gasteiger partial charge in [-0.2, -0.15) is 0 Å². The lowest BCUT2D eigenvalue weighted by molar-refractivity contribution is 0.277. The number of hydrogen-bond acceptors (Lipinski definition) is 2. The highest BCUT2D eigenvalue weighted by molar-refractivity contribution is 5.58. The molecule has 0 bridgehead atoms. The summed E-state index contributed by atoms with van der Waals surface area (Å²) in [4.78, 5) is 2.40. The van der Waals surface area contributed by atoms with E-state index >= 15 is 0 Å². The predicted octanol–water partition coefficient (Wildman–Crippen LogP) is 3.93. The molecule has 0 radical (unpaired) electrons. The van der Waals surface area contributed by atoms with Gasteiger partial charge in [0.05, 0.1) is 6.61 Å². The number of nitrogens with zero attached hydrogens (tertiary/aromatic N) is 1. The Morgan fingerprint density at radius 2 is 1.94 bits per heavy atom. The molecule has 0 aliphatic heterocycles. The van der Waals surface area contributed by atoms with Crippen LogP contribution in [0, 0.1) is 0 Å². The zero-order valence-electron chi connectivity index (χ0n) is 11.9. The molecular weight excluding hydrogens is 222 g/mol. The molecule has 100 valence electrons. The molecule has 18 heavy (non-hydrogen) atoms. The Labute approximate surface area is 111 Å². The molecule has 0 aliphatic rings. The van der Waals surface area contributed by atoms with E-state index in [0.717, 1.165) is 44.0 Å². The van der Waals surface area contributed by atoms with Gasteiger partial charge >= 0.3 is 0 Å². The van der Waals surface area contributed by atoms with Crippen LogP contribution in [0.25, 0.3) is 5.76 Å². The summed E-state index contributed by atoms with van der Waals surface area (Å²) >= 11 is 0. The van der Waals surface area contributed by atoms with E-state index in [2.05, 4.69) is 56.5 Å². The Morgan fingerprint density at radius 1 is 1.22 bits per heavy atom. The van der Waals surface area contributed by atoms with E-state index in [1.54, 1.807) is 0 Å². The summed E-state index contributed by atoms with van der Waals surface area (Å²) in [5.41, 5.74) is 2.41. The molecule has 0 fully saturated rings. The standard InChI is InChI=1S/C16H25NO/c1-5-11-18-14(4)16-10-8-9-15(12-16)13-17(6-2)7-3/h8-10,12H,4-7,11,13H2,1-3H3. The molecule has 1 aromatic carbocycles. The Hall–Kier alpha value is -1.28. The van der Waals surface area contributed by atoms with Crippen LogP contribution in [0.15, 0.2) is 30.8 Å². The Morgan fingerprint density at radius 3 is 2.56 bits per heavy atom. The van der Waals surface area contributed by atoms with Gasteiger partial charge in [0.1, 0.15) is 5.76 Å². The Kier molecular flexibility index (Phi) is 6.51. The lowest BCUT2D eigenvalue weighted by Crippen LogP contribution is -2.22. The molecule has 0 saturated carbocycles. The first-order valence-electron chi connectivity index (χ1n) is 6.84. The average molecular weight is 247 g/mol. The number of hydrogen-bond donors (Lipinski definition) is 0. The van der Waals surface area contributed by atoms with Crippen LogP contribution in [0.3, 0.4) is 0 Å². The maximum atomic E-state index is 5.58. The van der Waals surface area contributed by atoms with E-state index < -0.39 is 0 Å². The summed E-state index contributed by atoms with van der Waals surface area (Å²) in [5, 5.41) is 0. The lowest BCUT2D eigenvalue weighted by Gasteiger charge is -2.18. The minimum absolute atomic E-state index is 0.735. The molecule has 0 aliphatic carbocycles. The fourth-order valence-corrected chi connectivity index (χ4v) is 1.86. The van der Waals surface area contributed by atoms with Crippen LogP contribution in [0.1, 0.15) is 38.3 Å². The van der Waals surface area contributed by atoms with Crippen LogP contribution in [0.5, 0.6) is 0 Å². The molecule has 0 spiro atoms. The molecule has 2 nitrogen and oxygen atoms in total. The van der Waals surface area contributed by atoms with Gasteiger partial charge in [0.25, 0.3) is 0 Å². The van der Waals surface area contributed by atoms with Crippen molar-refractivity contribution >= 4 is 5.76 Å². The van der Waals surface area contributed by atoms with Gasteiger partial charge in [-0.05, 0) is 31.1 Å². The van der Waals surface area contributed by atoms with Crippen molar-refractivity contribution in [1.82, 2.24) is 4.90 Å². The Balaban J connectivity index is 2.69. The van der Waals surface area contributed by atoms with Crippen LogP contribution < -0.4 is 0 Å². The van der Waals surface area contributed by atoms with Crippen molar-refractivity contribution in [1.29, 1.82) is 0 Å². The molecular formula is C16H25NO. The first-order chi connectivity index (χ1) is 8.71. The lowest BCUT2D eigenvalue weighted by atomic mass is 10.1. The van der Waals surface area contributed by atoms with Crippen molar-refractivity contribution in [3.8, 4) is 0 Å². The maximum Gasteiger partial charge on any atom is 0.119 e. The fourth-order valence-electron chi connectivity index (χ4n) is 1.86. The fraction of sp³-hybridized carbons (Fsp3) is 0.500. The van der Waals surface area contributed by atoms with Crippen LogP contribution in [0.2, 0.25) is 0 Å². The van der Waals surface area contributed by atoms with E-state index in [-0.39, 0.29) is 0 Å². The number of ether oxygens (including phenoxy) is 1. The molecule has 0 unspecified atom stereocenters. The van der Waals surface area contributed by atoms with Gasteiger partial charge in [0.15, 0.2) is 0 Å². The minimum Gasteiger partial charge on any atom is -0.494 e. The minimum atomic E-state index is 0.735. The molecule has 1 aromatic rings. The van der Waals surface area contributed by atoms with E-state index in [4.69, 9.17) is 4.74 Å². The molecule has 0 aromatic heterocycles. The maximum absolute atomic E-state index is 5.58. The second-order valence-corrected chi connectivity index (χ2v) is 4.43. The number of benzene rings is 1. The van der Waals surface area contributed by atoms with Gasteiger partial charge in [-0.25, -0.2) is 0 Å². The average Bonchev–Trinajstić information content (AvgIpc) is 2.42. The highest BCUT2D eigenvalue weighted by Gasteiger charge is 2.04. The molecule has 0 amide bonds. The summed E-state index contributed by atoms with van der Waals surface area (Å²) in [7, 11) is 0. The van der Waals surface area contributed by atoms with Gasteiger partial charge in [-0.3, -0.25) is 4.90 Å². The van der Waals surface area contributed by atoms with Crippen molar-refractivity contribution < 1.29 is 4.74 Å². The second kappa shape index (κ2) is 7.93. The van der Waals surface area contributed by atoms with Gasteiger partial charge < -0.3 is 4.74 Å². The molecule has 0 heterocycles. The van der Waals surface area contributed by atoms with Gasteiger partial charge in [0, 0.05) is 12.1 Å².